The van der Waals surface area contributed by atoms with Crippen molar-refractivity contribution >= 4 is 11.7 Å². The van der Waals surface area contributed by atoms with Crippen molar-refractivity contribution in [3.8, 4) is 11.5 Å². The first-order chi connectivity index (χ1) is 9.87. The number of alkyl halides is 2. The van der Waals surface area contributed by atoms with Crippen LogP contribution >= 0.6 is 0 Å². The summed E-state index contributed by atoms with van der Waals surface area (Å²) >= 11 is 0. The monoisotopic (exact) mass is 293 g/mol. The highest BCUT2D eigenvalue weighted by Gasteiger charge is 2.61. The van der Waals surface area contributed by atoms with Crippen LogP contribution in [-0.4, -0.2) is 21.8 Å². The van der Waals surface area contributed by atoms with E-state index in [2.05, 4.69) is 15.3 Å². The van der Waals surface area contributed by atoms with E-state index >= 15 is 0 Å². The molecule has 1 atom stereocenters. The Balaban J connectivity index is 1.83. The topological polar surface area (TPSA) is 68.0 Å². The van der Waals surface area contributed by atoms with E-state index in [9.17, 15) is 13.6 Å². The maximum absolute atomic E-state index is 12.9. The maximum Gasteiger partial charge on any atom is 0.260 e. The lowest BCUT2D eigenvalue weighted by Crippen LogP contribution is -2.18. The smallest absolute Gasteiger partial charge is 0.260 e. The number of anilines is 1. The van der Waals surface area contributed by atoms with E-state index in [0.717, 1.165) is 11.3 Å². The molecule has 1 amide bonds. The van der Waals surface area contributed by atoms with Gasteiger partial charge in [-0.3, -0.25) is 4.79 Å². The fraction of sp³-hybridized carbons (Fsp3) is 0.357. The van der Waals surface area contributed by atoms with Gasteiger partial charge in [0, 0.05) is 18.2 Å². The van der Waals surface area contributed by atoms with Crippen LogP contribution in [0.4, 0.5) is 14.6 Å². The summed E-state index contributed by atoms with van der Waals surface area (Å²) in [6.07, 6.45) is 2.64. The van der Waals surface area contributed by atoms with Crippen LogP contribution < -0.4 is 5.32 Å². The Hall–Kier alpha value is -2.31. The lowest BCUT2D eigenvalue weighted by atomic mass is 10.1. The molecule has 2 aromatic rings. The van der Waals surface area contributed by atoms with Gasteiger partial charge in [-0.1, -0.05) is 0 Å². The second kappa shape index (κ2) is 4.61. The van der Waals surface area contributed by atoms with Gasteiger partial charge >= 0.3 is 0 Å². The molecule has 1 fully saturated rings. The average Bonchev–Trinajstić information content (AvgIpc) is 2.85. The van der Waals surface area contributed by atoms with Crippen molar-refractivity contribution in [1.82, 2.24) is 9.97 Å². The van der Waals surface area contributed by atoms with Gasteiger partial charge in [0.1, 0.15) is 18.0 Å². The molecule has 21 heavy (non-hydrogen) atoms. The summed E-state index contributed by atoms with van der Waals surface area (Å²) in [5.41, 5.74) is 2.20. The van der Waals surface area contributed by atoms with Gasteiger partial charge in [0.05, 0.1) is 5.69 Å². The molecule has 2 aromatic heterocycles. The largest absolute Gasteiger partial charge is 0.444 e. The molecule has 0 radical (unpaired) electrons. The highest BCUT2D eigenvalue weighted by Crippen LogP contribution is 2.49. The minimum atomic E-state index is -2.89. The summed E-state index contributed by atoms with van der Waals surface area (Å²) in [6, 6.07) is 1.57. The number of nitrogens with one attached hydrogen (secondary N) is 1. The van der Waals surface area contributed by atoms with E-state index in [-0.39, 0.29) is 5.82 Å². The molecule has 1 saturated carbocycles. The van der Waals surface area contributed by atoms with Crippen molar-refractivity contribution in [3.05, 3.63) is 29.8 Å². The zero-order valence-corrected chi connectivity index (χ0v) is 11.5. The molecule has 0 unspecified atom stereocenters. The molecule has 7 heteroatoms. The quantitative estimate of drug-likeness (QED) is 0.944. The molecule has 110 valence electrons. The number of aromatic nitrogens is 2. The third kappa shape index (κ3) is 2.63. The van der Waals surface area contributed by atoms with Gasteiger partial charge in [0.15, 0.2) is 0 Å². The standard InChI is InChI=1S/C14H13F2N3O2/c1-7-5-17-11(19-12(20)10-4-14(10,15)16)3-9(7)13-18-8(2)6-21-13/h3,5-6,10H,4H2,1-2H3,(H,17,19,20)/t10-/m1/s1. The van der Waals surface area contributed by atoms with E-state index in [0.29, 0.717) is 11.5 Å². The average molecular weight is 293 g/mol. The van der Waals surface area contributed by atoms with E-state index in [1.807, 2.05) is 6.92 Å². The van der Waals surface area contributed by atoms with Crippen LogP contribution in [0.5, 0.6) is 0 Å². The molecule has 0 aliphatic heterocycles. The zero-order valence-electron chi connectivity index (χ0n) is 11.5. The van der Waals surface area contributed by atoms with Gasteiger partial charge in [-0.15, -0.1) is 0 Å². The predicted molar refractivity (Wildman–Crippen MR) is 70.9 cm³/mol. The number of carbonyl (C=O) groups excluding carboxylic acids is 1. The summed E-state index contributed by atoms with van der Waals surface area (Å²) in [6.45, 7) is 3.61. The predicted octanol–water partition coefficient (Wildman–Crippen LogP) is 2.95. The van der Waals surface area contributed by atoms with Crippen molar-refractivity contribution in [2.75, 3.05) is 5.32 Å². The van der Waals surface area contributed by atoms with Gasteiger partial charge in [-0.25, -0.2) is 18.7 Å². The number of aryl methyl sites for hydroxylation is 2. The second-order valence-corrected chi connectivity index (χ2v) is 5.19. The lowest BCUT2D eigenvalue weighted by molar-refractivity contribution is -0.119. The summed E-state index contributed by atoms with van der Waals surface area (Å²) in [7, 11) is 0. The minimum Gasteiger partial charge on any atom is -0.444 e. The summed E-state index contributed by atoms with van der Waals surface area (Å²) in [5.74, 6) is -4.25. The number of carbonyl (C=O) groups is 1. The number of halogens is 2. The first kappa shape index (κ1) is 13.7. The molecule has 1 N–H and O–H groups in total. The number of hydrogen-bond donors (Lipinski definition) is 1. The summed E-state index contributed by atoms with van der Waals surface area (Å²) in [4.78, 5) is 19.9. The normalized spacial score (nSPS) is 19.3. The Bertz CT molecular complexity index is 712. The third-order valence-electron chi connectivity index (χ3n) is 3.35. The molecule has 0 saturated heterocycles. The number of hydrogen-bond acceptors (Lipinski definition) is 4. The number of amides is 1. The molecule has 1 aliphatic rings. The number of oxazole rings is 1. The van der Waals surface area contributed by atoms with Crippen LogP contribution in [0, 0.1) is 19.8 Å². The van der Waals surface area contributed by atoms with Gasteiger partial charge in [0.2, 0.25) is 11.8 Å². The third-order valence-corrected chi connectivity index (χ3v) is 3.35. The minimum absolute atomic E-state index is 0.208. The molecule has 0 spiro atoms. The first-order valence-corrected chi connectivity index (χ1v) is 6.44. The Morgan fingerprint density at radius 3 is 2.76 bits per heavy atom. The molecule has 0 aromatic carbocycles. The van der Waals surface area contributed by atoms with E-state index in [1.165, 1.54) is 12.5 Å². The van der Waals surface area contributed by atoms with Gasteiger partial charge in [-0.05, 0) is 25.5 Å². The number of rotatable bonds is 3. The number of pyridine rings is 1. The Morgan fingerprint density at radius 1 is 1.48 bits per heavy atom. The lowest BCUT2D eigenvalue weighted by Gasteiger charge is -2.07. The van der Waals surface area contributed by atoms with Crippen LogP contribution in [0.25, 0.3) is 11.5 Å². The van der Waals surface area contributed by atoms with Gasteiger partial charge < -0.3 is 9.73 Å². The fourth-order valence-electron chi connectivity index (χ4n) is 2.01. The summed E-state index contributed by atoms with van der Waals surface area (Å²) in [5, 5.41) is 2.40. The van der Waals surface area contributed by atoms with Gasteiger partial charge in [0.25, 0.3) is 5.92 Å². The van der Waals surface area contributed by atoms with E-state index in [4.69, 9.17) is 4.42 Å². The highest BCUT2D eigenvalue weighted by molar-refractivity contribution is 5.94. The van der Waals surface area contributed by atoms with Crippen LogP contribution in [-0.2, 0) is 4.79 Å². The molecule has 1 aliphatic carbocycles. The second-order valence-electron chi connectivity index (χ2n) is 5.19. The Kier molecular flexibility index (Phi) is 3.00. The Labute approximate surface area is 119 Å². The molecule has 3 rings (SSSR count). The van der Waals surface area contributed by atoms with Crippen LogP contribution in [0.3, 0.4) is 0 Å². The van der Waals surface area contributed by atoms with Crippen LogP contribution in [0.15, 0.2) is 22.9 Å². The molecule has 5 nitrogen and oxygen atoms in total. The van der Waals surface area contributed by atoms with E-state index < -0.39 is 24.2 Å². The van der Waals surface area contributed by atoms with Crippen molar-refractivity contribution in [1.29, 1.82) is 0 Å². The zero-order chi connectivity index (χ0) is 15.2. The first-order valence-electron chi connectivity index (χ1n) is 6.44. The summed E-state index contributed by atoms with van der Waals surface area (Å²) < 4.78 is 31.0. The van der Waals surface area contributed by atoms with Crippen molar-refractivity contribution in [3.63, 3.8) is 0 Å². The fourth-order valence-corrected chi connectivity index (χ4v) is 2.01. The maximum atomic E-state index is 12.9. The van der Waals surface area contributed by atoms with E-state index in [1.54, 1.807) is 13.0 Å². The molecular weight excluding hydrogens is 280 g/mol. The molecule has 2 heterocycles. The number of nitrogens with zero attached hydrogens (tertiary/aromatic N) is 2. The SMILES string of the molecule is Cc1coc(-c2cc(NC(=O)[C@H]3CC3(F)F)ncc2C)n1. The van der Waals surface area contributed by atoms with Gasteiger partial charge in [-0.2, -0.15) is 0 Å². The van der Waals surface area contributed by atoms with Crippen molar-refractivity contribution in [2.24, 2.45) is 5.92 Å². The van der Waals surface area contributed by atoms with Crippen LogP contribution in [0.2, 0.25) is 0 Å². The molecule has 0 bridgehead atoms. The van der Waals surface area contributed by atoms with Crippen LogP contribution in [0.1, 0.15) is 17.7 Å². The van der Waals surface area contributed by atoms with Crippen molar-refractivity contribution in [2.45, 2.75) is 26.2 Å². The highest BCUT2D eigenvalue weighted by atomic mass is 19.3. The van der Waals surface area contributed by atoms with Crippen molar-refractivity contribution < 1.29 is 18.0 Å². The Morgan fingerprint density at radius 2 is 2.19 bits per heavy atom. The molecular formula is C14H13F2N3O2.